The fourth-order valence-corrected chi connectivity index (χ4v) is 5.55. The molecule has 4 heteroatoms. The lowest BCUT2D eigenvalue weighted by Gasteiger charge is -2.20. The number of rotatable bonds is 1. The highest BCUT2D eigenvalue weighted by Gasteiger charge is 2.43. The van der Waals surface area contributed by atoms with Gasteiger partial charge in [0.15, 0.2) is 9.84 Å². The first-order valence-electron chi connectivity index (χ1n) is 6.92. The van der Waals surface area contributed by atoms with Gasteiger partial charge in [0, 0.05) is 17.8 Å². The van der Waals surface area contributed by atoms with Crippen LogP contribution in [-0.4, -0.2) is 23.9 Å². The molecule has 20 heavy (non-hydrogen) atoms. The van der Waals surface area contributed by atoms with Crippen molar-refractivity contribution in [3.05, 3.63) is 48.3 Å². The number of pyridine rings is 1. The molecule has 2 bridgehead atoms. The van der Waals surface area contributed by atoms with Gasteiger partial charge in [-0.3, -0.25) is 4.98 Å². The zero-order valence-corrected chi connectivity index (χ0v) is 11.8. The van der Waals surface area contributed by atoms with Crippen LogP contribution in [0.5, 0.6) is 0 Å². The summed E-state index contributed by atoms with van der Waals surface area (Å²) in [5.74, 6) is 0. The van der Waals surface area contributed by atoms with Crippen LogP contribution in [0.15, 0.2) is 42.7 Å². The van der Waals surface area contributed by atoms with Crippen molar-refractivity contribution in [3.63, 3.8) is 0 Å². The van der Waals surface area contributed by atoms with Gasteiger partial charge < -0.3 is 0 Å². The Hall–Kier alpha value is -1.68. The molecule has 1 aromatic carbocycles. The van der Waals surface area contributed by atoms with Gasteiger partial charge in [-0.1, -0.05) is 18.2 Å². The largest absolute Gasteiger partial charge is 0.264 e. The minimum atomic E-state index is -2.90. The maximum absolute atomic E-state index is 12.1. The summed E-state index contributed by atoms with van der Waals surface area (Å²) >= 11 is 0. The summed E-state index contributed by atoms with van der Waals surface area (Å²) in [7, 11) is -2.90. The molecule has 2 unspecified atom stereocenters. The molecular formula is C16H15NO2S. The van der Waals surface area contributed by atoms with Crippen LogP contribution in [0.2, 0.25) is 0 Å². The average Bonchev–Trinajstić information content (AvgIpc) is 2.67. The molecule has 4 rings (SSSR count). The van der Waals surface area contributed by atoms with Crippen LogP contribution >= 0.6 is 0 Å². The van der Waals surface area contributed by atoms with E-state index in [4.69, 9.17) is 0 Å². The Balaban J connectivity index is 1.81. The minimum absolute atomic E-state index is 0.166. The van der Waals surface area contributed by atoms with Crippen LogP contribution in [0.4, 0.5) is 0 Å². The van der Waals surface area contributed by atoms with Gasteiger partial charge in [0.1, 0.15) is 0 Å². The van der Waals surface area contributed by atoms with Gasteiger partial charge in [-0.05, 0) is 47.9 Å². The molecule has 2 atom stereocenters. The molecule has 0 amide bonds. The predicted octanol–water partition coefficient (Wildman–Crippen LogP) is 2.97. The number of nitrogens with zero attached hydrogens (tertiary/aromatic N) is 1. The summed E-state index contributed by atoms with van der Waals surface area (Å²) in [6.45, 7) is 0. The van der Waals surface area contributed by atoms with Crippen molar-refractivity contribution in [1.82, 2.24) is 4.98 Å². The minimum Gasteiger partial charge on any atom is -0.264 e. The van der Waals surface area contributed by atoms with E-state index in [1.165, 1.54) is 5.57 Å². The maximum atomic E-state index is 12.1. The fraction of sp³-hybridized carbons (Fsp3) is 0.312. The van der Waals surface area contributed by atoms with Crippen molar-refractivity contribution in [2.75, 3.05) is 0 Å². The smallest absolute Gasteiger partial charge is 0.159 e. The summed E-state index contributed by atoms with van der Waals surface area (Å²) in [4.78, 5) is 4.11. The number of aromatic nitrogens is 1. The van der Waals surface area contributed by atoms with E-state index in [-0.39, 0.29) is 10.5 Å². The SMILES string of the molecule is O=S1(=O)C2C=C(c3ccc4cnccc4c3)CC1CC2. The summed E-state index contributed by atoms with van der Waals surface area (Å²) in [6.07, 6.45) is 7.87. The normalized spacial score (nSPS) is 27.5. The van der Waals surface area contributed by atoms with Crippen molar-refractivity contribution in [2.24, 2.45) is 0 Å². The Morgan fingerprint density at radius 2 is 2.00 bits per heavy atom. The van der Waals surface area contributed by atoms with Gasteiger partial charge in [0.25, 0.3) is 0 Å². The van der Waals surface area contributed by atoms with Crippen LogP contribution < -0.4 is 0 Å². The number of hydrogen-bond acceptors (Lipinski definition) is 3. The van der Waals surface area contributed by atoms with E-state index in [0.717, 1.165) is 29.2 Å². The van der Waals surface area contributed by atoms with Crippen molar-refractivity contribution < 1.29 is 8.42 Å². The first kappa shape index (κ1) is 12.1. The van der Waals surface area contributed by atoms with E-state index in [2.05, 4.69) is 23.2 Å². The molecule has 2 aliphatic rings. The fourth-order valence-electron chi connectivity index (χ4n) is 3.36. The van der Waals surface area contributed by atoms with E-state index in [0.29, 0.717) is 6.42 Å². The van der Waals surface area contributed by atoms with Crippen LogP contribution in [-0.2, 0) is 9.84 Å². The number of sulfone groups is 1. The summed E-state index contributed by atoms with van der Waals surface area (Å²) in [6, 6.07) is 8.27. The highest BCUT2D eigenvalue weighted by molar-refractivity contribution is 7.93. The Morgan fingerprint density at radius 3 is 2.85 bits per heavy atom. The van der Waals surface area contributed by atoms with E-state index in [9.17, 15) is 8.42 Å². The lowest BCUT2D eigenvalue weighted by Crippen LogP contribution is -2.26. The number of allylic oxidation sites excluding steroid dienone is 1. The third kappa shape index (κ3) is 1.71. The molecule has 1 aromatic heterocycles. The first-order valence-corrected chi connectivity index (χ1v) is 8.53. The summed E-state index contributed by atoms with van der Waals surface area (Å²) < 4.78 is 24.2. The highest BCUT2D eigenvalue weighted by atomic mass is 32.2. The van der Waals surface area contributed by atoms with Crippen LogP contribution in [0.1, 0.15) is 24.8 Å². The van der Waals surface area contributed by atoms with E-state index < -0.39 is 9.84 Å². The third-order valence-corrected chi connectivity index (χ3v) is 7.05. The van der Waals surface area contributed by atoms with Crippen LogP contribution in [0, 0.1) is 0 Å². The number of hydrogen-bond donors (Lipinski definition) is 0. The third-order valence-electron chi connectivity index (χ3n) is 4.51. The lowest BCUT2D eigenvalue weighted by molar-refractivity contribution is 0.585. The quantitative estimate of drug-likeness (QED) is 0.809. The van der Waals surface area contributed by atoms with E-state index in [1.54, 1.807) is 6.20 Å². The molecule has 102 valence electrons. The van der Waals surface area contributed by atoms with Crippen molar-refractivity contribution in [1.29, 1.82) is 0 Å². The molecule has 1 fully saturated rings. The monoisotopic (exact) mass is 285 g/mol. The van der Waals surface area contributed by atoms with Crippen LogP contribution in [0.3, 0.4) is 0 Å². The van der Waals surface area contributed by atoms with Gasteiger partial charge in [-0.2, -0.15) is 0 Å². The van der Waals surface area contributed by atoms with Crippen molar-refractivity contribution >= 4 is 26.2 Å². The predicted molar refractivity (Wildman–Crippen MR) is 80.1 cm³/mol. The molecule has 2 aromatic rings. The standard InChI is InChI=1S/C16H15NO2S/c18-20(19)15-3-4-16(20)9-14(8-15)11-1-2-13-10-17-6-5-12(13)7-11/h1-2,5-8,10,15-16H,3-4,9H2. The molecular weight excluding hydrogens is 270 g/mol. The Labute approximate surface area is 118 Å². The molecule has 3 heterocycles. The van der Waals surface area contributed by atoms with E-state index >= 15 is 0 Å². The van der Waals surface area contributed by atoms with Crippen LogP contribution in [0.25, 0.3) is 16.3 Å². The molecule has 1 saturated heterocycles. The van der Waals surface area contributed by atoms with Gasteiger partial charge in [-0.15, -0.1) is 0 Å². The summed E-state index contributed by atoms with van der Waals surface area (Å²) in [5, 5.41) is 1.84. The highest BCUT2D eigenvalue weighted by Crippen LogP contribution is 2.41. The topological polar surface area (TPSA) is 47.0 Å². The van der Waals surface area contributed by atoms with Crippen molar-refractivity contribution in [2.45, 2.75) is 29.8 Å². The molecule has 3 nitrogen and oxygen atoms in total. The molecule has 2 aliphatic heterocycles. The molecule has 0 spiro atoms. The number of benzene rings is 1. The maximum Gasteiger partial charge on any atom is 0.159 e. The second kappa shape index (κ2) is 4.16. The lowest BCUT2D eigenvalue weighted by atomic mass is 9.98. The molecule has 0 N–H and O–H groups in total. The Morgan fingerprint density at radius 1 is 1.10 bits per heavy atom. The van der Waals surface area contributed by atoms with Gasteiger partial charge in [0.05, 0.1) is 10.5 Å². The second-order valence-electron chi connectivity index (χ2n) is 5.66. The van der Waals surface area contributed by atoms with Gasteiger partial charge >= 0.3 is 0 Å². The number of fused-ring (bicyclic) bond motifs is 3. The average molecular weight is 285 g/mol. The summed E-state index contributed by atoms with van der Waals surface area (Å²) in [5.41, 5.74) is 2.33. The van der Waals surface area contributed by atoms with Gasteiger partial charge in [-0.25, -0.2) is 8.42 Å². The molecule has 0 aliphatic carbocycles. The second-order valence-corrected chi connectivity index (χ2v) is 8.11. The first-order chi connectivity index (χ1) is 9.64. The molecule has 0 saturated carbocycles. The van der Waals surface area contributed by atoms with Crippen molar-refractivity contribution in [3.8, 4) is 0 Å². The Bertz CT molecular complexity index is 823. The van der Waals surface area contributed by atoms with E-state index in [1.807, 2.05) is 18.3 Å². The zero-order chi connectivity index (χ0) is 13.7. The Kier molecular flexibility index (Phi) is 2.51. The zero-order valence-electron chi connectivity index (χ0n) is 11.0. The molecule has 0 radical (unpaired) electrons. The van der Waals surface area contributed by atoms with Gasteiger partial charge in [0.2, 0.25) is 0 Å².